The van der Waals surface area contributed by atoms with E-state index in [2.05, 4.69) is 11.2 Å². The van der Waals surface area contributed by atoms with Gasteiger partial charge < -0.3 is 0 Å². The van der Waals surface area contributed by atoms with Gasteiger partial charge in [0, 0.05) is 6.54 Å². The molecule has 0 aromatic carbocycles. The van der Waals surface area contributed by atoms with E-state index in [9.17, 15) is 9.59 Å². The molecule has 2 amide bonds. The minimum atomic E-state index is -0.435. The first-order valence-corrected chi connectivity index (χ1v) is 5.16. The van der Waals surface area contributed by atoms with Gasteiger partial charge in [0.25, 0.3) is 0 Å². The molecule has 1 N–H and O–H groups in total. The van der Waals surface area contributed by atoms with Crippen molar-refractivity contribution in [3.05, 3.63) is 0 Å². The SMILES string of the molecule is C#CC(C)NC1CC(=O)N(CCC)C1=O. The van der Waals surface area contributed by atoms with E-state index in [-0.39, 0.29) is 24.3 Å². The number of amides is 2. The summed E-state index contributed by atoms with van der Waals surface area (Å²) in [6.07, 6.45) is 6.21. The van der Waals surface area contributed by atoms with E-state index in [1.807, 2.05) is 6.92 Å². The van der Waals surface area contributed by atoms with Crippen LogP contribution < -0.4 is 5.32 Å². The van der Waals surface area contributed by atoms with Crippen molar-refractivity contribution in [3.63, 3.8) is 0 Å². The zero-order chi connectivity index (χ0) is 11.4. The number of terminal acetylenes is 1. The van der Waals surface area contributed by atoms with Gasteiger partial charge in [0.15, 0.2) is 0 Å². The van der Waals surface area contributed by atoms with Crippen molar-refractivity contribution >= 4 is 11.8 Å². The molecule has 1 aliphatic heterocycles. The van der Waals surface area contributed by atoms with E-state index in [4.69, 9.17) is 6.42 Å². The highest BCUT2D eigenvalue weighted by Gasteiger charge is 2.37. The summed E-state index contributed by atoms with van der Waals surface area (Å²) in [6, 6.07) is -0.622. The first kappa shape index (κ1) is 11.7. The first-order valence-electron chi connectivity index (χ1n) is 5.16. The third-order valence-corrected chi connectivity index (χ3v) is 2.39. The summed E-state index contributed by atoms with van der Waals surface area (Å²) >= 11 is 0. The van der Waals surface area contributed by atoms with E-state index in [0.29, 0.717) is 6.54 Å². The van der Waals surface area contributed by atoms with Crippen LogP contribution in [0.25, 0.3) is 0 Å². The molecule has 1 aliphatic rings. The fourth-order valence-corrected chi connectivity index (χ4v) is 1.62. The maximum Gasteiger partial charge on any atom is 0.246 e. The van der Waals surface area contributed by atoms with Gasteiger partial charge in [-0.1, -0.05) is 12.8 Å². The topological polar surface area (TPSA) is 49.4 Å². The molecule has 0 aromatic heterocycles. The van der Waals surface area contributed by atoms with Crippen molar-refractivity contribution in [2.24, 2.45) is 0 Å². The number of carbonyl (C=O) groups is 2. The highest BCUT2D eigenvalue weighted by Crippen LogP contribution is 2.13. The number of carbonyl (C=O) groups excluding carboxylic acids is 2. The van der Waals surface area contributed by atoms with E-state index in [1.54, 1.807) is 6.92 Å². The first-order chi connectivity index (χ1) is 7.10. The molecule has 0 radical (unpaired) electrons. The molecule has 0 saturated carbocycles. The minimum Gasteiger partial charge on any atom is -0.292 e. The number of likely N-dealkylation sites (tertiary alicyclic amines) is 1. The van der Waals surface area contributed by atoms with E-state index in [1.165, 1.54) is 4.90 Å². The summed E-state index contributed by atoms with van der Waals surface area (Å²) in [7, 11) is 0. The van der Waals surface area contributed by atoms with Crippen molar-refractivity contribution in [1.82, 2.24) is 10.2 Å². The van der Waals surface area contributed by atoms with Crippen LogP contribution in [-0.2, 0) is 9.59 Å². The number of imide groups is 1. The Hall–Kier alpha value is -1.34. The van der Waals surface area contributed by atoms with E-state index in [0.717, 1.165) is 6.42 Å². The molecule has 1 rings (SSSR count). The second kappa shape index (κ2) is 4.94. The highest BCUT2D eigenvalue weighted by atomic mass is 16.2. The van der Waals surface area contributed by atoms with Crippen molar-refractivity contribution in [1.29, 1.82) is 0 Å². The fraction of sp³-hybridized carbons (Fsp3) is 0.636. The Morgan fingerprint density at radius 3 is 2.87 bits per heavy atom. The van der Waals surface area contributed by atoms with Gasteiger partial charge in [-0.2, -0.15) is 0 Å². The molecule has 0 bridgehead atoms. The molecular formula is C11H16N2O2. The standard InChI is InChI=1S/C11H16N2O2/c1-4-6-13-10(14)7-9(11(13)15)12-8(3)5-2/h2,8-9,12H,4,6-7H2,1,3H3. The second-order valence-electron chi connectivity index (χ2n) is 3.70. The fourth-order valence-electron chi connectivity index (χ4n) is 1.62. The van der Waals surface area contributed by atoms with Crippen LogP contribution in [0.2, 0.25) is 0 Å². The van der Waals surface area contributed by atoms with Crippen LogP contribution in [0, 0.1) is 12.3 Å². The lowest BCUT2D eigenvalue weighted by molar-refractivity contribution is -0.138. The molecule has 0 aromatic rings. The third kappa shape index (κ3) is 2.57. The van der Waals surface area contributed by atoms with Crippen molar-refractivity contribution in [2.75, 3.05) is 6.54 Å². The Bertz CT molecular complexity index is 306. The molecule has 15 heavy (non-hydrogen) atoms. The predicted octanol–water partition coefficient (Wildman–Crippen LogP) is 0.135. The molecule has 1 saturated heterocycles. The summed E-state index contributed by atoms with van der Waals surface area (Å²) in [5.41, 5.74) is 0. The van der Waals surface area contributed by atoms with Crippen molar-refractivity contribution in [2.45, 2.75) is 38.8 Å². The van der Waals surface area contributed by atoms with Gasteiger partial charge in [-0.05, 0) is 13.3 Å². The average Bonchev–Trinajstić information content (AvgIpc) is 2.46. The van der Waals surface area contributed by atoms with Gasteiger partial charge in [0.1, 0.15) is 0 Å². The molecule has 4 nitrogen and oxygen atoms in total. The van der Waals surface area contributed by atoms with Crippen molar-refractivity contribution in [3.8, 4) is 12.3 Å². The molecule has 4 heteroatoms. The summed E-state index contributed by atoms with van der Waals surface area (Å²) in [6.45, 7) is 4.23. The number of rotatable bonds is 4. The van der Waals surface area contributed by atoms with Gasteiger partial charge in [0.2, 0.25) is 11.8 Å². The molecule has 82 valence electrons. The Morgan fingerprint density at radius 1 is 1.67 bits per heavy atom. The Labute approximate surface area is 90.0 Å². The van der Waals surface area contributed by atoms with Gasteiger partial charge in [-0.3, -0.25) is 19.8 Å². The number of hydrogen-bond acceptors (Lipinski definition) is 3. The number of nitrogens with one attached hydrogen (secondary N) is 1. The van der Waals surface area contributed by atoms with Crippen LogP contribution in [0.3, 0.4) is 0 Å². The molecule has 1 fully saturated rings. The second-order valence-corrected chi connectivity index (χ2v) is 3.70. The Balaban J connectivity index is 2.61. The van der Waals surface area contributed by atoms with Gasteiger partial charge in [0.05, 0.1) is 18.5 Å². The number of hydrogen-bond donors (Lipinski definition) is 1. The summed E-state index contributed by atoms with van der Waals surface area (Å²) in [4.78, 5) is 24.5. The maximum absolute atomic E-state index is 11.7. The summed E-state index contributed by atoms with van der Waals surface area (Å²) < 4.78 is 0. The average molecular weight is 208 g/mol. The Kier molecular flexibility index (Phi) is 3.87. The lowest BCUT2D eigenvalue weighted by Gasteiger charge is -2.15. The summed E-state index contributed by atoms with van der Waals surface area (Å²) in [5.74, 6) is 2.22. The molecule has 1 heterocycles. The molecule has 2 atom stereocenters. The molecule has 0 spiro atoms. The minimum absolute atomic E-state index is 0.108. The Morgan fingerprint density at radius 2 is 2.33 bits per heavy atom. The molecule has 2 unspecified atom stereocenters. The normalized spacial score (nSPS) is 23.0. The zero-order valence-electron chi connectivity index (χ0n) is 9.12. The van der Waals surface area contributed by atoms with Gasteiger partial charge in [-0.15, -0.1) is 6.42 Å². The van der Waals surface area contributed by atoms with Crippen LogP contribution in [0.1, 0.15) is 26.7 Å². The van der Waals surface area contributed by atoms with Crippen LogP contribution in [0.15, 0.2) is 0 Å². The van der Waals surface area contributed by atoms with E-state index < -0.39 is 6.04 Å². The van der Waals surface area contributed by atoms with Crippen LogP contribution in [0.4, 0.5) is 0 Å². The summed E-state index contributed by atoms with van der Waals surface area (Å²) in [5, 5.41) is 2.95. The largest absolute Gasteiger partial charge is 0.292 e. The van der Waals surface area contributed by atoms with Gasteiger partial charge >= 0.3 is 0 Å². The molecule has 0 aliphatic carbocycles. The van der Waals surface area contributed by atoms with Crippen LogP contribution >= 0.6 is 0 Å². The van der Waals surface area contributed by atoms with Crippen molar-refractivity contribution < 1.29 is 9.59 Å². The van der Waals surface area contributed by atoms with E-state index >= 15 is 0 Å². The zero-order valence-corrected chi connectivity index (χ0v) is 9.12. The van der Waals surface area contributed by atoms with Gasteiger partial charge in [-0.25, -0.2) is 0 Å². The highest BCUT2D eigenvalue weighted by molar-refractivity contribution is 6.05. The van der Waals surface area contributed by atoms with Crippen LogP contribution in [-0.4, -0.2) is 35.3 Å². The maximum atomic E-state index is 11.7. The molecular weight excluding hydrogens is 192 g/mol. The smallest absolute Gasteiger partial charge is 0.246 e. The third-order valence-electron chi connectivity index (χ3n) is 2.39. The number of nitrogens with zero attached hydrogens (tertiary/aromatic N) is 1. The lowest BCUT2D eigenvalue weighted by Crippen LogP contribution is -2.42. The van der Waals surface area contributed by atoms with Crippen LogP contribution in [0.5, 0.6) is 0 Å². The lowest BCUT2D eigenvalue weighted by atomic mass is 10.2. The monoisotopic (exact) mass is 208 g/mol. The quantitative estimate of drug-likeness (QED) is 0.528. The predicted molar refractivity (Wildman–Crippen MR) is 56.8 cm³/mol.